The van der Waals surface area contributed by atoms with Crippen LogP contribution in [0.3, 0.4) is 0 Å². The van der Waals surface area contributed by atoms with Gasteiger partial charge < -0.3 is 10.3 Å². The minimum atomic E-state index is 0.542. The lowest BCUT2D eigenvalue weighted by Crippen LogP contribution is -1.85. The molecule has 0 saturated carbocycles. The number of hydrogen-bond donors (Lipinski definition) is 1. The van der Waals surface area contributed by atoms with E-state index in [0.29, 0.717) is 22.5 Å². The lowest BCUT2D eigenvalue weighted by atomic mass is 10.2. The Morgan fingerprint density at radius 1 is 1.14 bits per heavy atom. The average Bonchev–Trinajstić information content (AvgIpc) is 2.94. The van der Waals surface area contributed by atoms with Gasteiger partial charge in [-0.3, -0.25) is 0 Å². The van der Waals surface area contributed by atoms with Crippen LogP contribution in [0.2, 0.25) is 5.02 Å². The zero-order chi connectivity index (χ0) is 14.7. The van der Waals surface area contributed by atoms with Gasteiger partial charge in [-0.1, -0.05) is 35.0 Å². The van der Waals surface area contributed by atoms with Gasteiger partial charge in [-0.25, -0.2) is 0 Å². The fourth-order valence-electron chi connectivity index (χ4n) is 1.81. The summed E-state index contributed by atoms with van der Waals surface area (Å²) >= 11 is 7.55. The van der Waals surface area contributed by atoms with Crippen LogP contribution in [0.4, 0.5) is 5.69 Å². The van der Waals surface area contributed by atoms with E-state index in [1.807, 2.05) is 42.5 Å². The maximum Gasteiger partial charge on any atom is 0.237 e. The van der Waals surface area contributed by atoms with E-state index in [-0.39, 0.29) is 0 Å². The highest BCUT2D eigenvalue weighted by molar-refractivity contribution is 7.98. The molecule has 3 aromatic rings. The summed E-state index contributed by atoms with van der Waals surface area (Å²) in [6.07, 6.45) is 0. The van der Waals surface area contributed by atoms with Gasteiger partial charge in [-0.15, -0.1) is 11.8 Å². The Hall–Kier alpha value is -1.98. The van der Waals surface area contributed by atoms with Crippen molar-refractivity contribution in [2.45, 2.75) is 10.6 Å². The Kier molecular flexibility index (Phi) is 4.13. The highest BCUT2D eigenvalue weighted by Crippen LogP contribution is 2.25. The van der Waals surface area contributed by atoms with Crippen molar-refractivity contribution >= 4 is 29.1 Å². The van der Waals surface area contributed by atoms with Crippen LogP contribution in [0.15, 0.2) is 57.9 Å². The molecule has 1 aromatic heterocycles. The summed E-state index contributed by atoms with van der Waals surface area (Å²) in [5.41, 5.74) is 7.32. The largest absolute Gasteiger partial charge is 0.399 e. The van der Waals surface area contributed by atoms with E-state index in [9.17, 15) is 0 Å². The van der Waals surface area contributed by atoms with Crippen molar-refractivity contribution in [1.29, 1.82) is 0 Å². The maximum absolute atomic E-state index is 5.96. The molecule has 2 N–H and O–H groups in total. The predicted octanol–water partition coefficient (Wildman–Crippen LogP) is 4.26. The topological polar surface area (TPSA) is 64.9 Å². The first kappa shape index (κ1) is 14.0. The van der Waals surface area contributed by atoms with E-state index in [4.69, 9.17) is 21.9 Å². The smallest absolute Gasteiger partial charge is 0.237 e. The number of aromatic nitrogens is 2. The normalized spacial score (nSPS) is 10.7. The van der Waals surface area contributed by atoms with Crippen LogP contribution >= 0.6 is 23.4 Å². The molecule has 0 atom stereocenters. The molecule has 0 amide bonds. The summed E-state index contributed by atoms with van der Waals surface area (Å²) in [6, 6.07) is 15.1. The zero-order valence-corrected chi connectivity index (χ0v) is 12.6. The predicted molar refractivity (Wildman–Crippen MR) is 85.2 cm³/mol. The number of rotatable bonds is 4. The summed E-state index contributed by atoms with van der Waals surface area (Å²) in [7, 11) is 0. The van der Waals surface area contributed by atoms with Crippen LogP contribution < -0.4 is 5.73 Å². The number of nitrogen functional groups attached to an aromatic ring is 1. The van der Waals surface area contributed by atoms with Crippen molar-refractivity contribution in [3.8, 4) is 11.4 Å². The standard InChI is InChI=1S/C15H12ClN3OS/c16-11-4-1-3-10(7-11)15-18-14(20-19-15)9-21-13-6-2-5-12(17)8-13/h1-8H,9,17H2. The van der Waals surface area contributed by atoms with Crippen LogP contribution in [-0.4, -0.2) is 10.1 Å². The monoisotopic (exact) mass is 317 g/mol. The Morgan fingerprint density at radius 2 is 2.00 bits per heavy atom. The van der Waals surface area contributed by atoms with Crippen molar-refractivity contribution < 1.29 is 4.52 Å². The summed E-state index contributed by atoms with van der Waals surface area (Å²) in [5, 5.41) is 4.62. The molecule has 0 bridgehead atoms. The summed E-state index contributed by atoms with van der Waals surface area (Å²) < 4.78 is 5.25. The molecule has 106 valence electrons. The van der Waals surface area contributed by atoms with Gasteiger partial charge in [0.15, 0.2) is 0 Å². The van der Waals surface area contributed by atoms with Crippen molar-refractivity contribution in [3.05, 3.63) is 59.4 Å². The molecular weight excluding hydrogens is 306 g/mol. The molecule has 0 aliphatic rings. The molecule has 0 saturated heterocycles. The number of anilines is 1. The second-order valence-corrected chi connectivity index (χ2v) is 5.87. The molecule has 0 fully saturated rings. The van der Waals surface area contributed by atoms with Crippen molar-refractivity contribution in [2.24, 2.45) is 0 Å². The molecule has 1 heterocycles. The molecule has 6 heteroatoms. The van der Waals surface area contributed by atoms with Gasteiger partial charge in [0.2, 0.25) is 11.7 Å². The van der Waals surface area contributed by atoms with Crippen LogP contribution in [0.25, 0.3) is 11.4 Å². The minimum Gasteiger partial charge on any atom is -0.399 e. The first-order chi connectivity index (χ1) is 10.2. The van der Waals surface area contributed by atoms with Gasteiger partial charge in [0.1, 0.15) is 0 Å². The Labute approximate surface area is 131 Å². The summed E-state index contributed by atoms with van der Waals surface area (Å²) in [5.74, 6) is 1.70. The molecule has 3 rings (SSSR count). The van der Waals surface area contributed by atoms with E-state index in [1.165, 1.54) is 0 Å². The second kappa shape index (κ2) is 6.20. The van der Waals surface area contributed by atoms with Gasteiger partial charge in [0.05, 0.1) is 5.75 Å². The summed E-state index contributed by atoms with van der Waals surface area (Å²) in [6.45, 7) is 0. The lowest BCUT2D eigenvalue weighted by molar-refractivity contribution is 0.391. The quantitative estimate of drug-likeness (QED) is 0.575. The Bertz CT molecular complexity index is 760. The minimum absolute atomic E-state index is 0.542. The molecular formula is C15H12ClN3OS. The van der Waals surface area contributed by atoms with E-state index in [0.717, 1.165) is 16.1 Å². The van der Waals surface area contributed by atoms with Crippen LogP contribution in [0.1, 0.15) is 5.89 Å². The number of nitrogens with zero attached hydrogens (tertiary/aromatic N) is 2. The number of hydrogen-bond acceptors (Lipinski definition) is 5. The highest BCUT2D eigenvalue weighted by atomic mass is 35.5. The van der Waals surface area contributed by atoms with Crippen LogP contribution in [0, 0.1) is 0 Å². The van der Waals surface area contributed by atoms with Gasteiger partial charge in [-0.2, -0.15) is 4.98 Å². The molecule has 0 aliphatic heterocycles. The Morgan fingerprint density at radius 3 is 2.81 bits per heavy atom. The summed E-state index contributed by atoms with van der Waals surface area (Å²) in [4.78, 5) is 5.44. The van der Waals surface area contributed by atoms with Gasteiger partial charge in [0.25, 0.3) is 0 Å². The molecule has 0 unspecified atom stereocenters. The molecule has 21 heavy (non-hydrogen) atoms. The lowest BCUT2D eigenvalue weighted by Gasteiger charge is -1.99. The van der Waals surface area contributed by atoms with Crippen molar-refractivity contribution in [1.82, 2.24) is 10.1 Å². The molecule has 0 aliphatic carbocycles. The first-order valence-corrected chi connectivity index (χ1v) is 7.64. The van der Waals surface area contributed by atoms with Gasteiger partial charge in [0, 0.05) is 21.2 Å². The number of thioether (sulfide) groups is 1. The zero-order valence-electron chi connectivity index (χ0n) is 11.0. The Balaban J connectivity index is 1.71. The third-order valence-electron chi connectivity index (χ3n) is 2.77. The molecule has 2 aromatic carbocycles. The molecule has 4 nitrogen and oxygen atoms in total. The first-order valence-electron chi connectivity index (χ1n) is 6.27. The fraction of sp³-hybridized carbons (Fsp3) is 0.0667. The van der Waals surface area contributed by atoms with Crippen molar-refractivity contribution in [3.63, 3.8) is 0 Å². The van der Waals surface area contributed by atoms with E-state index >= 15 is 0 Å². The highest BCUT2D eigenvalue weighted by Gasteiger charge is 2.09. The number of halogens is 1. The van der Waals surface area contributed by atoms with E-state index in [2.05, 4.69) is 10.1 Å². The average molecular weight is 318 g/mol. The molecule has 0 radical (unpaired) electrons. The van der Waals surface area contributed by atoms with E-state index < -0.39 is 0 Å². The third kappa shape index (κ3) is 3.56. The third-order valence-corrected chi connectivity index (χ3v) is 3.98. The van der Waals surface area contributed by atoms with Crippen LogP contribution in [0.5, 0.6) is 0 Å². The molecule has 0 spiro atoms. The number of benzene rings is 2. The SMILES string of the molecule is Nc1cccc(SCc2nc(-c3cccc(Cl)c3)no2)c1. The van der Waals surface area contributed by atoms with Gasteiger partial charge >= 0.3 is 0 Å². The second-order valence-electron chi connectivity index (χ2n) is 4.38. The van der Waals surface area contributed by atoms with Gasteiger partial charge in [-0.05, 0) is 30.3 Å². The maximum atomic E-state index is 5.96. The van der Waals surface area contributed by atoms with E-state index in [1.54, 1.807) is 17.8 Å². The van der Waals surface area contributed by atoms with Crippen molar-refractivity contribution in [2.75, 3.05) is 5.73 Å². The fourth-order valence-corrected chi connectivity index (χ4v) is 2.80. The van der Waals surface area contributed by atoms with Crippen LogP contribution in [-0.2, 0) is 5.75 Å². The number of nitrogens with two attached hydrogens (primary N) is 1.